The summed E-state index contributed by atoms with van der Waals surface area (Å²) in [4.78, 5) is 4.30. The summed E-state index contributed by atoms with van der Waals surface area (Å²) in [6.45, 7) is 10.5. The van der Waals surface area contributed by atoms with Gasteiger partial charge < -0.3 is 5.32 Å². The van der Waals surface area contributed by atoms with E-state index in [1.54, 1.807) is 6.20 Å². The van der Waals surface area contributed by atoms with Crippen LogP contribution in [0.3, 0.4) is 0 Å². The smallest absolute Gasteiger partial charge is 0.152 e. The van der Waals surface area contributed by atoms with Crippen molar-refractivity contribution >= 4 is 22.9 Å². The molecule has 96 valence electrons. The third kappa shape index (κ3) is 2.64. The zero-order chi connectivity index (χ0) is 13.3. The second-order valence-corrected chi connectivity index (χ2v) is 5.79. The van der Waals surface area contributed by atoms with E-state index in [0.717, 1.165) is 17.0 Å². The van der Waals surface area contributed by atoms with Crippen molar-refractivity contribution in [3.63, 3.8) is 0 Å². The van der Waals surface area contributed by atoms with Crippen LogP contribution < -0.4 is 5.32 Å². The van der Waals surface area contributed by atoms with E-state index in [0.29, 0.717) is 11.6 Å². The van der Waals surface area contributed by atoms with Crippen molar-refractivity contribution in [2.45, 2.75) is 26.2 Å². The van der Waals surface area contributed by atoms with Gasteiger partial charge in [0.1, 0.15) is 5.52 Å². The molecule has 5 heteroatoms. The minimum atomic E-state index is 0.0133. The Morgan fingerprint density at radius 1 is 1.50 bits per heavy atom. The Hall–Kier alpha value is -1.55. The molecule has 0 bridgehead atoms. The van der Waals surface area contributed by atoms with Gasteiger partial charge in [0.05, 0.1) is 12.2 Å². The molecule has 1 N–H and O–H groups in total. The van der Waals surface area contributed by atoms with Crippen LogP contribution in [0.25, 0.3) is 5.52 Å². The lowest BCUT2D eigenvalue weighted by Crippen LogP contribution is -2.11. The van der Waals surface area contributed by atoms with E-state index >= 15 is 0 Å². The molecule has 18 heavy (non-hydrogen) atoms. The Kier molecular flexibility index (Phi) is 3.30. The Morgan fingerprint density at radius 2 is 2.22 bits per heavy atom. The van der Waals surface area contributed by atoms with Crippen LogP contribution in [0, 0.1) is 0 Å². The summed E-state index contributed by atoms with van der Waals surface area (Å²) < 4.78 is 1.83. The number of fused-ring (bicyclic) bond motifs is 1. The summed E-state index contributed by atoms with van der Waals surface area (Å²) in [7, 11) is 0. The zero-order valence-corrected chi connectivity index (χ0v) is 11.6. The predicted molar refractivity (Wildman–Crippen MR) is 75.2 cm³/mol. The lowest BCUT2D eigenvalue weighted by atomic mass is 9.92. The van der Waals surface area contributed by atoms with Gasteiger partial charge in [-0.1, -0.05) is 39.0 Å². The number of aromatic nitrogens is 3. The van der Waals surface area contributed by atoms with Crippen LogP contribution in [0.5, 0.6) is 0 Å². The van der Waals surface area contributed by atoms with Crippen molar-refractivity contribution in [2.24, 2.45) is 0 Å². The number of halogens is 1. The molecular weight excluding hydrogens is 248 g/mol. The average molecular weight is 265 g/mol. The lowest BCUT2D eigenvalue weighted by Gasteiger charge is -2.13. The van der Waals surface area contributed by atoms with E-state index in [-0.39, 0.29) is 5.41 Å². The second kappa shape index (κ2) is 4.61. The molecule has 0 saturated heterocycles. The van der Waals surface area contributed by atoms with Gasteiger partial charge in [0.2, 0.25) is 0 Å². The first kappa shape index (κ1) is 12.9. The summed E-state index contributed by atoms with van der Waals surface area (Å²) in [5.41, 5.74) is 1.99. The number of hydrogen-bond donors (Lipinski definition) is 1. The fourth-order valence-electron chi connectivity index (χ4n) is 1.60. The number of rotatable bonds is 3. The van der Waals surface area contributed by atoms with E-state index in [1.807, 2.05) is 16.8 Å². The normalized spacial score (nSPS) is 11.8. The van der Waals surface area contributed by atoms with Gasteiger partial charge in [0.25, 0.3) is 0 Å². The van der Waals surface area contributed by atoms with E-state index in [4.69, 9.17) is 11.6 Å². The predicted octanol–water partition coefficient (Wildman–Crippen LogP) is 3.19. The number of anilines is 1. The molecule has 2 aromatic rings. The monoisotopic (exact) mass is 264 g/mol. The van der Waals surface area contributed by atoms with Gasteiger partial charge in [0, 0.05) is 22.8 Å². The van der Waals surface area contributed by atoms with Gasteiger partial charge in [-0.15, -0.1) is 0 Å². The molecule has 2 aromatic heterocycles. The molecule has 0 saturated carbocycles. The number of hydrogen-bond acceptors (Lipinski definition) is 3. The molecule has 2 heterocycles. The Labute approximate surface area is 112 Å². The molecule has 0 spiro atoms. The van der Waals surface area contributed by atoms with Gasteiger partial charge in [-0.25, -0.2) is 9.50 Å². The first-order valence-corrected chi connectivity index (χ1v) is 6.18. The van der Waals surface area contributed by atoms with Crippen LogP contribution in [-0.4, -0.2) is 21.1 Å². The van der Waals surface area contributed by atoms with Crippen molar-refractivity contribution in [1.82, 2.24) is 14.6 Å². The van der Waals surface area contributed by atoms with Crippen molar-refractivity contribution < 1.29 is 0 Å². The molecule has 0 aliphatic rings. The first-order chi connectivity index (χ1) is 8.38. The van der Waals surface area contributed by atoms with Crippen LogP contribution in [0.4, 0.5) is 5.82 Å². The minimum absolute atomic E-state index is 0.0133. The third-order valence-electron chi connectivity index (χ3n) is 2.61. The SMILES string of the molecule is C=C(Cl)CNc1nccn2nc(C(C)(C)C)cc12. The van der Waals surface area contributed by atoms with E-state index in [1.165, 1.54) is 0 Å². The van der Waals surface area contributed by atoms with Crippen LogP contribution >= 0.6 is 11.6 Å². The maximum atomic E-state index is 5.75. The Morgan fingerprint density at radius 3 is 2.83 bits per heavy atom. The van der Waals surface area contributed by atoms with Crippen LogP contribution in [0.2, 0.25) is 0 Å². The molecule has 0 aliphatic carbocycles. The second-order valence-electron chi connectivity index (χ2n) is 5.26. The highest BCUT2D eigenvalue weighted by molar-refractivity contribution is 6.29. The first-order valence-electron chi connectivity index (χ1n) is 5.80. The molecule has 2 rings (SSSR count). The highest BCUT2D eigenvalue weighted by Gasteiger charge is 2.18. The van der Waals surface area contributed by atoms with Crippen LogP contribution in [-0.2, 0) is 5.41 Å². The Balaban J connectivity index is 2.42. The van der Waals surface area contributed by atoms with Crippen molar-refractivity contribution in [1.29, 1.82) is 0 Å². The van der Waals surface area contributed by atoms with E-state index in [2.05, 4.69) is 42.7 Å². The molecule has 0 atom stereocenters. The molecular formula is C13H17ClN4. The zero-order valence-electron chi connectivity index (χ0n) is 10.9. The maximum Gasteiger partial charge on any atom is 0.152 e. The third-order valence-corrected chi connectivity index (χ3v) is 2.74. The van der Waals surface area contributed by atoms with E-state index in [9.17, 15) is 0 Å². The fourth-order valence-corrected chi connectivity index (χ4v) is 1.67. The molecule has 0 amide bonds. The summed E-state index contributed by atoms with van der Waals surface area (Å²) in [5, 5.41) is 8.25. The number of nitrogens with zero attached hydrogens (tertiary/aromatic N) is 3. The lowest BCUT2D eigenvalue weighted by molar-refractivity contribution is 0.562. The standard InChI is InChI=1S/C13H17ClN4/c1-9(14)8-16-12-10-7-11(13(2,3)4)17-18(10)6-5-15-12/h5-7H,1,8H2,2-4H3,(H,15,16). The van der Waals surface area contributed by atoms with E-state index < -0.39 is 0 Å². The summed E-state index contributed by atoms with van der Waals surface area (Å²) in [6.07, 6.45) is 3.55. The minimum Gasteiger partial charge on any atom is -0.363 e. The number of nitrogens with one attached hydrogen (secondary N) is 1. The summed E-state index contributed by atoms with van der Waals surface area (Å²) >= 11 is 5.75. The van der Waals surface area contributed by atoms with Gasteiger partial charge in [0.15, 0.2) is 5.82 Å². The van der Waals surface area contributed by atoms with Crippen molar-refractivity contribution in [3.05, 3.63) is 35.8 Å². The molecule has 0 unspecified atom stereocenters. The van der Waals surface area contributed by atoms with Gasteiger partial charge in [-0.3, -0.25) is 0 Å². The fraction of sp³-hybridized carbons (Fsp3) is 0.385. The highest BCUT2D eigenvalue weighted by atomic mass is 35.5. The molecule has 4 nitrogen and oxygen atoms in total. The molecule has 0 fully saturated rings. The van der Waals surface area contributed by atoms with Gasteiger partial charge >= 0.3 is 0 Å². The molecule has 0 radical (unpaired) electrons. The van der Waals surface area contributed by atoms with Crippen molar-refractivity contribution in [3.8, 4) is 0 Å². The molecule has 0 aliphatic heterocycles. The van der Waals surface area contributed by atoms with Gasteiger partial charge in [-0.05, 0) is 6.07 Å². The summed E-state index contributed by atoms with van der Waals surface area (Å²) in [5.74, 6) is 0.766. The maximum absolute atomic E-state index is 5.75. The topological polar surface area (TPSA) is 42.2 Å². The largest absolute Gasteiger partial charge is 0.363 e. The highest BCUT2D eigenvalue weighted by Crippen LogP contribution is 2.24. The Bertz CT molecular complexity index is 580. The summed E-state index contributed by atoms with van der Waals surface area (Å²) in [6, 6.07) is 2.05. The van der Waals surface area contributed by atoms with Crippen LogP contribution in [0.1, 0.15) is 26.5 Å². The van der Waals surface area contributed by atoms with Crippen LogP contribution in [0.15, 0.2) is 30.1 Å². The van der Waals surface area contributed by atoms with Crippen molar-refractivity contribution in [2.75, 3.05) is 11.9 Å². The average Bonchev–Trinajstić information content (AvgIpc) is 2.69. The molecule has 0 aromatic carbocycles. The quantitative estimate of drug-likeness (QED) is 0.926. The van der Waals surface area contributed by atoms with Gasteiger partial charge in [-0.2, -0.15) is 5.10 Å².